The highest BCUT2D eigenvalue weighted by Gasteiger charge is 2.24. The zero-order valence-electron chi connectivity index (χ0n) is 14.9. The molecule has 27 heavy (non-hydrogen) atoms. The van der Waals surface area contributed by atoms with Crippen molar-refractivity contribution in [1.29, 1.82) is 0 Å². The molecule has 1 aromatic heterocycles. The molecular formula is C18H21F2N3O3S. The Kier molecular flexibility index (Phi) is 6.65. The van der Waals surface area contributed by atoms with Crippen molar-refractivity contribution < 1.29 is 22.7 Å². The quantitative estimate of drug-likeness (QED) is 0.674. The Morgan fingerprint density at radius 1 is 1.26 bits per heavy atom. The minimum atomic E-state index is -2.97. The molecule has 9 heteroatoms. The van der Waals surface area contributed by atoms with E-state index in [1.807, 2.05) is 0 Å². The van der Waals surface area contributed by atoms with Crippen LogP contribution in [0, 0.1) is 0 Å². The van der Waals surface area contributed by atoms with Crippen LogP contribution in [0.15, 0.2) is 33.9 Å². The van der Waals surface area contributed by atoms with E-state index >= 15 is 0 Å². The Bertz CT molecular complexity index is 766. The Hall–Kier alpha value is -2.16. The van der Waals surface area contributed by atoms with Gasteiger partial charge >= 0.3 is 6.61 Å². The Morgan fingerprint density at radius 2 is 2.00 bits per heavy atom. The molecule has 6 nitrogen and oxygen atoms in total. The first-order chi connectivity index (χ1) is 13.0. The molecule has 1 fully saturated rings. The van der Waals surface area contributed by atoms with Gasteiger partial charge < -0.3 is 14.5 Å². The molecule has 1 amide bonds. The lowest BCUT2D eigenvalue weighted by molar-refractivity contribution is -0.115. The van der Waals surface area contributed by atoms with Gasteiger partial charge in [0, 0.05) is 5.92 Å². The molecule has 1 N–H and O–H groups in total. The van der Waals surface area contributed by atoms with Gasteiger partial charge in [0.25, 0.3) is 5.22 Å². The zero-order valence-corrected chi connectivity index (χ0v) is 15.7. The lowest BCUT2D eigenvalue weighted by atomic mass is 9.89. The number of amides is 1. The van der Waals surface area contributed by atoms with Gasteiger partial charge in [-0.15, -0.1) is 10.2 Å². The number of alkyl halides is 2. The molecule has 1 aliphatic rings. The SMILES string of the molecule is C[C@@H](Sc1nnc(C2CCCCC2)o1)C(=O)Nc1ccccc1OC(F)F. The number of nitrogens with one attached hydrogen (secondary N) is 1. The molecule has 1 aliphatic carbocycles. The fourth-order valence-electron chi connectivity index (χ4n) is 2.99. The maximum absolute atomic E-state index is 12.5. The van der Waals surface area contributed by atoms with E-state index in [2.05, 4.69) is 20.3 Å². The normalized spacial score (nSPS) is 16.3. The van der Waals surface area contributed by atoms with Crippen molar-refractivity contribution in [2.75, 3.05) is 5.32 Å². The number of hydrogen-bond acceptors (Lipinski definition) is 6. The molecule has 0 unspecified atom stereocenters. The fourth-order valence-corrected chi connectivity index (χ4v) is 3.68. The molecule has 0 bridgehead atoms. The van der Waals surface area contributed by atoms with E-state index in [4.69, 9.17) is 4.42 Å². The minimum absolute atomic E-state index is 0.0876. The van der Waals surface area contributed by atoms with Crippen molar-refractivity contribution in [2.24, 2.45) is 0 Å². The van der Waals surface area contributed by atoms with Gasteiger partial charge in [-0.2, -0.15) is 8.78 Å². The van der Waals surface area contributed by atoms with Crippen molar-refractivity contribution in [3.05, 3.63) is 30.2 Å². The molecule has 1 atom stereocenters. The summed E-state index contributed by atoms with van der Waals surface area (Å²) in [7, 11) is 0. The Labute approximate surface area is 160 Å². The third kappa shape index (κ3) is 5.41. The lowest BCUT2D eigenvalue weighted by Gasteiger charge is -2.17. The molecule has 0 spiro atoms. The number of benzene rings is 1. The maximum Gasteiger partial charge on any atom is 0.387 e. The van der Waals surface area contributed by atoms with E-state index in [9.17, 15) is 13.6 Å². The van der Waals surface area contributed by atoms with Gasteiger partial charge in [-0.05, 0) is 31.9 Å². The maximum atomic E-state index is 12.5. The Morgan fingerprint density at radius 3 is 2.74 bits per heavy atom. The van der Waals surface area contributed by atoms with E-state index in [1.54, 1.807) is 19.1 Å². The number of carbonyl (C=O) groups is 1. The van der Waals surface area contributed by atoms with Crippen LogP contribution in [-0.2, 0) is 4.79 Å². The molecule has 1 aromatic carbocycles. The highest BCUT2D eigenvalue weighted by Crippen LogP contribution is 2.34. The van der Waals surface area contributed by atoms with E-state index in [-0.39, 0.29) is 17.3 Å². The van der Waals surface area contributed by atoms with Crippen molar-refractivity contribution in [3.63, 3.8) is 0 Å². The van der Waals surface area contributed by atoms with Crippen LogP contribution < -0.4 is 10.1 Å². The van der Waals surface area contributed by atoms with Crippen molar-refractivity contribution in [3.8, 4) is 5.75 Å². The lowest BCUT2D eigenvalue weighted by Crippen LogP contribution is -2.23. The molecular weight excluding hydrogens is 376 g/mol. The third-order valence-corrected chi connectivity index (χ3v) is 5.32. The van der Waals surface area contributed by atoms with Crippen LogP contribution in [0.2, 0.25) is 0 Å². The predicted octanol–water partition coefficient (Wildman–Crippen LogP) is 4.84. The van der Waals surface area contributed by atoms with E-state index < -0.39 is 11.9 Å². The van der Waals surface area contributed by atoms with Crippen LogP contribution in [0.4, 0.5) is 14.5 Å². The summed E-state index contributed by atoms with van der Waals surface area (Å²) >= 11 is 1.13. The van der Waals surface area contributed by atoms with Crippen molar-refractivity contribution >= 4 is 23.4 Å². The summed E-state index contributed by atoms with van der Waals surface area (Å²) in [5, 5.41) is 10.5. The smallest absolute Gasteiger partial charge is 0.387 e. The first kappa shape index (κ1) is 19.6. The number of thioether (sulfide) groups is 1. The largest absolute Gasteiger partial charge is 0.433 e. The number of halogens is 2. The Balaban J connectivity index is 1.59. The van der Waals surface area contributed by atoms with E-state index in [0.717, 1.165) is 37.4 Å². The molecule has 1 saturated carbocycles. The van der Waals surface area contributed by atoms with Crippen LogP contribution in [0.5, 0.6) is 5.75 Å². The van der Waals surface area contributed by atoms with Gasteiger partial charge in [0.15, 0.2) is 0 Å². The van der Waals surface area contributed by atoms with Crippen LogP contribution >= 0.6 is 11.8 Å². The summed E-state index contributed by atoms with van der Waals surface area (Å²) in [5.74, 6) is 0.460. The molecule has 146 valence electrons. The number of carbonyl (C=O) groups excluding carboxylic acids is 1. The van der Waals surface area contributed by atoms with E-state index in [1.165, 1.54) is 18.6 Å². The zero-order chi connectivity index (χ0) is 19.2. The van der Waals surface area contributed by atoms with Crippen molar-refractivity contribution in [1.82, 2.24) is 10.2 Å². The summed E-state index contributed by atoms with van der Waals surface area (Å²) in [6.07, 6.45) is 5.65. The van der Waals surface area contributed by atoms with Crippen LogP contribution in [0.3, 0.4) is 0 Å². The third-order valence-electron chi connectivity index (χ3n) is 4.38. The van der Waals surface area contributed by atoms with Gasteiger partial charge in [0.1, 0.15) is 5.75 Å². The summed E-state index contributed by atoms with van der Waals surface area (Å²) in [5.41, 5.74) is 0.184. The first-order valence-electron chi connectivity index (χ1n) is 8.87. The predicted molar refractivity (Wildman–Crippen MR) is 97.1 cm³/mol. The van der Waals surface area contributed by atoms with Crippen LogP contribution in [0.1, 0.15) is 50.8 Å². The topological polar surface area (TPSA) is 77.2 Å². The second-order valence-corrected chi connectivity index (χ2v) is 7.66. The molecule has 0 saturated heterocycles. The second-order valence-electron chi connectivity index (χ2n) is 6.37. The number of ether oxygens (including phenoxy) is 1. The standard InChI is InChI=1S/C18H21F2N3O3S/c1-11(15(24)21-13-9-5-6-10-14(13)25-17(19)20)27-18-23-22-16(26-18)12-7-3-2-4-8-12/h5-6,9-12,17H,2-4,7-8H2,1H3,(H,21,24)/t11-/m1/s1. The summed E-state index contributed by atoms with van der Waals surface area (Å²) in [6, 6.07) is 6.05. The highest BCUT2D eigenvalue weighted by atomic mass is 32.2. The number of para-hydroxylation sites is 2. The highest BCUT2D eigenvalue weighted by molar-refractivity contribution is 8.00. The fraction of sp³-hybridized carbons (Fsp3) is 0.500. The number of rotatable bonds is 7. The van der Waals surface area contributed by atoms with Crippen LogP contribution in [0.25, 0.3) is 0 Å². The second kappa shape index (κ2) is 9.16. The molecule has 3 rings (SSSR count). The van der Waals surface area contributed by atoms with Gasteiger partial charge in [0.05, 0.1) is 10.9 Å². The summed E-state index contributed by atoms with van der Waals surface area (Å²) in [4.78, 5) is 12.4. The summed E-state index contributed by atoms with van der Waals surface area (Å²) < 4.78 is 35.1. The van der Waals surface area contributed by atoms with Crippen molar-refractivity contribution in [2.45, 2.75) is 62.0 Å². The first-order valence-corrected chi connectivity index (χ1v) is 9.75. The van der Waals surface area contributed by atoms with Gasteiger partial charge in [-0.3, -0.25) is 4.79 Å². The average molecular weight is 397 g/mol. The summed E-state index contributed by atoms with van der Waals surface area (Å²) in [6.45, 7) is -1.28. The van der Waals surface area contributed by atoms with Gasteiger partial charge in [-0.25, -0.2) is 0 Å². The monoisotopic (exact) mass is 397 g/mol. The van der Waals surface area contributed by atoms with Gasteiger partial charge in [0.2, 0.25) is 11.8 Å². The molecule has 1 heterocycles. The number of hydrogen-bond donors (Lipinski definition) is 1. The minimum Gasteiger partial charge on any atom is -0.433 e. The molecule has 0 radical (unpaired) electrons. The van der Waals surface area contributed by atoms with Gasteiger partial charge in [-0.1, -0.05) is 43.2 Å². The van der Waals surface area contributed by atoms with Crippen LogP contribution in [-0.4, -0.2) is 28.0 Å². The number of aromatic nitrogens is 2. The number of anilines is 1. The van der Waals surface area contributed by atoms with E-state index in [0.29, 0.717) is 17.0 Å². The molecule has 0 aliphatic heterocycles. The number of nitrogens with zero attached hydrogens (tertiary/aromatic N) is 2. The molecule has 2 aromatic rings. The average Bonchev–Trinajstić information content (AvgIpc) is 3.12.